The second-order valence-electron chi connectivity index (χ2n) is 11.8. The maximum Gasteiger partial charge on any atom is 0.0645 e. The third kappa shape index (κ3) is 6.77. The monoisotopic (exact) mass is 696 g/mol. The first kappa shape index (κ1) is 16.6. The molecule has 0 bridgehead atoms. The van der Waals surface area contributed by atoms with Gasteiger partial charge in [0.15, 0.2) is 0 Å². The van der Waals surface area contributed by atoms with Crippen LogP contribution in [-0.2, 0) is 0 Å². The van der Waals surface area contributed by atoms with E-state index in [0.717, 1.165) is 16.3 Å². The molecule has 250 valence electrons. The molecular formula is C52H37N. The minimum Gasteiger partial charge on any atom is -0.311 e. The second kappa shape index (κ2) is 14.3. The maximum absolute atomic E-state index is 9.56. The molecular weight excluding hydrogens is 639 g/mol. The Morgan fingerprint density at radius 3 is 1.23 bits per heavy atom. The molecule has 9 rings (SSSR count). The lowest BCUT2D eigenvalue weighted by Crippen LogP contribution is -2.09. The molecule has 0 unspecified atom stereocenters. The molecule has 0 fully saturated rings. The van der Waals surface area contributed by atoms with Crippen molar-refractivity contribution in [2.75, 3.05) is 4.90 Å². The number of rotatable bonds is 8. The smallest absolute Gasteiger partial charge is 0.0645 e. The molecule has 0 spiro atoms. The lowest BCUT2D eigenvalue weighted by Gasteiger charge is -2.26. The Bertz CT molecular complexity index is 3730. The molecule has 0 aliphatic heterocycles. The van der Waals surface area contributed by atoms with Gasteiger partial charge in [-0.3, -0.25) is 0 Å². The molecule has 1 heteroatoms. The number of hydrogen-bond donors (Lipinski definition) is 0. The fourth-order valence-corrected chi connectivity index (χ4v) is 5.77. The fraction of sp³-hybridized carbons (Fsp3) is 0. The zero-order valence-electron chi connectivity index (χ0n) is 48.7. The molecule has 0 atom stereocenters. The average Bonchev–Trinajstić information content (AvgIpc) is 3.39. The van der Waals surface area contributed by atoms with E-state index in [4.69, 9.17) is 12.3 Å². The highest BCUT2D eigenvalue weighted by Gasteiger charge is 2.14. The first-order valence-corrected chi connectivity index (χ1v) is 16.5. The van der Waals surface area contributed by atoms with E-state index >= 15 is 0 Å². The third-order valence-electron chi connectivity index (χ3n) is 8.43. The summed E-state index contributed by atoms with van der Waals surface area (Å²) in [6, 6.07) is 10.1. The molecule has 0 heterocycles. The molecule has 0 saturated carbocycles. The van der Waals surface area contributed by atoms with Crippen LogP contribution in [0.2, 0.25) is 0 Å². The molecule has 0 aliphatic carbocycles. The Morgan fingerprint density at radius 2 is 0.660 bits per heavy atom. The minimum absolute atomic E-state index is 0.171. The first-order valence-electron chi connectivity index (χ1n) is 27.0. The lowest BCUT2D eigenvalue weighted by atomic mass is 9.97. The van der Waals surface area contributed by atoms with Crippen LogP contribution in [0.15, 0.2) is 224 Å². The van der Waals surface area contributed by atoms with Crippen molar-refractivity contribution in [2.45, 2.75) is 0 Å². The second-order valence-corrected chi connectivity index (χ2v) is 11.8. The van der Waals surface area contributed by atoms with Gasteiger partial charge in [-0.05, 0) is 115 Å². The third-order valence-corrected chi connectivity index (χ3v) is 8.43. The number of hydrogen-bond acceptors (Lipinski definition) is 1. The molecule has 0 radical (unpaired) electrons. The normalized spacial score (nSPS) is 16.6. The van der Waals surface area contributed by atoms with Gasteiger partial charge in [0.2, 0.25) is 0 Å². The van der Waals surface area contributed by atoms with Crippen molar-refractivity contribution in [2.24, 2.45) is 0 Å². The summed E-state index contributed by atoms with van der Waals surface area (Å²) in [4.78, 5) is 0.618. The van der Waals surface area contributed by atoms with Crippen LogP contribution in [0.25, 0.3) is 66.4 Å². The van der Waals surface area contributed by atoms with Crippen LogP contribution in [0.4, 0.5) is 17.1 Å². The Balaban J connectivity index is 1.31. The van der Waals surface area contributed by atoms with Gasteiger partial charge in [-0.15, -0.1) is 0 Å². The SMILES string of the molecule is [2H]c1c([2H])c([2H])c(-c2c([2H])c([2H])c(-c3c([2H])c([2H])c(N(c4c([2H])c([2H])c(-c5ccccc5)c([2H])c4[2H])c4c([2H])c([2H])c(-c5cccc(-c6ccc7ccccc7c6)c5)c([2H])c4[2H])c([2H])c3[2H])c([2H])c2[2H])c([2H])c1[2H]. The number of fused-ring (bicyclic) bond motifs is 1. The molecule has 9 aromatic carbocycles. The maximum atomic E-state index is 9.56. The van der Waals surface area contributed by atoms with Crippen LogP contribution in [-0.4, -0.2) is 0 Å². The standard InChI is InChI=1S/C52H37N/c1-3-10-38(11-4-1)41-18-20-42(21-19-41)44-26-32-51(33-27-44)53(50-30-24-43(25-31-50)39-12-5-2-6-13-39)52-34-28-45(29-35-52)47-16-9-17-48(36-47)49-23-22-40-14-7-8-15-46(40)37-49/h1-37H/i1D,3D,4D,10D,11D,18D,19D,20D,21D,24D,25D,26D,27D,28D,29D,30D,31D,32D,33D,34D,35D. The van der Waals surface area contributed by atoms with Crippen molar-refractivity contribution in [1.29, 1.82) is 0 Å². The van der Waals surface area contributed by atoms with E-state index in [1.54, 1.807) is 48.5 Å². The summed E-state index contributed by atoms with van der Waals surface area (Å²) in [6.45, 7) is 0. The van der Waals surface area contributed by atoms with Crippen LogP contribution >= 0.6 is 0 Å². The predicted molar refractivity (Wildman–Crippen MR) is 226 cm³/mol. The Morgan fingerprint density at radius 1 is 0.264 bits per heavy atom. The summed E-state index contributed by atoms with van der Waals surface area (Å²) in [5.74, 6) is 0. The molecule has 53 heavy (non-hydrogen) atoms. The van der Waals surface area contributed by atoms with Crippen molar-refractivity contribution in [3.8, 4) is 55.6 Å². The highest BCUT2D eigenvalue weighted by atomic mass is 15.1. The van der Waals surface area contributed by atoms with E-state index < -0.39 is 166 Å². The highest BCUT2D eigenvalue weighted by Crippen LogP contribution is 2.38. The van der Waals surface area contributed by atoms with Gasteiger partial charge in [-0.1, -0.05) is 176 Å². The zero-order chi connectivity index (χ0) is 53.7. The number of benzene rings is 9. The van der Waals surface area contributed by atoms with Crippen LogP contribution in [0.5, 0.6) is 0 Å². The van der Waals surface area contributed by atoms with Gasteiger partial charge in [-0.2, -0.15) is 0 Å². The number of nitrogens with zero attached hydrogens (tertiary/aromatic N) is 1. The van der Waals surface area contributed by atoms with Crippen molar-refractivity contribution < 1.29 is 28.8 Å². The van der Waals surface area contributed by atoms with Gasteiger partial charge in [0.05, 0.1) is 28.8 Å². The van der Waals surface area contributed by atoms with E-state index in [-0.39, 0.29) is 22.3 Å². The van der Waals surface area contributed by atoms with E-state index in [1.165, 1.54) is 0 Å². The molecule has 0 saturated heterocycles. The summed E-state index contributed by atoms with van der Waals surface area (Å²) < 4.78 is 190. The Kier molecular flexibility index (Phi) is 4.49. The summed E-state index contributed by atoms with van der Waals surface area (Å²) in [5.41, 5.74) is -3.79. The predicted octanol–water partition coefficient (Wildman–Crippen LogP) is 14.6. The Labute approximate surface area is 341 Å². The molecule has 1 nitrogen and oxygen atoms in total. The van der Waals surface area contributed by atoms with Crippen LogP contribution in [0.3, 0.4) is 0 Å². The highest BCUT2D eigenvalue weighted by molar-refractivity contribution is 5.88. The summed E-state index contributed by atoms with van der Waals surface area (Å²) in [7, 11) is 0. The van der Waals surface area contributed by atoms with E-state index in [2.05, 4.69) is 0 Å². The van der Waals surface area contributed by atoms with Crippen molar-refractivity contribution in [3.63, 3.8) is 0 Å². The van der Waals surface area contributed by atoms with Gasteiger partial charge in [0, 0.05) is 17.1 Å². The molecule has 9 aromatic rings. The van der Waals surface area contributed by atoms with Crippen molar-refractivity contribution in [1.82, 2.24) is 0 Å². The zero-order valence-corrected chi connectivity index (χ0v) is 27.7. The van der Waals surface area contributed by atoms with Crippen LogP contribution in [0, 0.1) is 0 Å². The topological polar surface area (TPSA) is 3.24 Å². The van der Waals surface area contributed by atoms with Gasteiger partial charge in [0.25, 0.3) is 0 Å². The average molecular weight is 697 g/mol. The summed E-state index contributed by atoms with van der Waals surface area (Å²) in [5, 5.41) is 1.94. The first-order chi connectivity index (χ1) is 35.0. The summed E-state index contributed by atoms with van der Waals surface area (Å²) >= 11 is 0. The van der Waals surface area contributed by atoms with Crippen LogP contribution in [0.1, 0.15) is 28.8 Å². The summed E-state index contributed by atoms with van der Waals surface area (Å²) in [6.07, 6.45) is 0. The Hall–Kier alpha value is -6.96. The fourth-order valence-electron chi connectivity index (χ4n) is 5.77. The molecule has 0 N–H and O–H groups in total. The molecule has 0 aromatic heterocycles. The molecule has 0 amide bonds. The van der Waals surface area contributed by atoms with Gasteiger partial charge in [-0.25, -0.2) is 0 Å². The van der Waals surface area contributed by atoms with Gasteiger partial charge < -0.3 is 4.90 Å². The minimum atomic E-state index is -1.07. The van der Waals surface area contributed by atoms with E-state index in [9.17, 15) is 16.4 Å². The van der Waals surface area contributed by atoms with Crippen LogP contribution < -0.4 is 4.90 Å². The van der Waals surface area contributed by atoms with E-state index in [0.29, 0.717) is 10.5 Å². The van der Waals surface area contributed by atoms with Gasteiger partial charge in [0.1, 0.15) is 0 Å². The van der Waals surface area contributed by atoms with E-state index in [1.807, 2.05) is 48.5 Å². The molecule has 0 aliphatic rings. The number of anilines is 3. The largest absolute Gasteiger partial charge is 0.311 e. The quantitative estimate of drug-likeness (QED) is 0.153. The lowest BCUT2D eigenvalue weighted by molar-refractivity contribution is 1.28. The van der Waals surface area contributed by atoms with Crippen molar-refractivity contribution in [3.05, 3.63) is 224 Å². The van der Waals surface area contributed by atoms with Gasteiger partial charge >= 0.3 is 0 Å². The van der Waals surface area contributed by atoms with Crippen molar-refractivity contribution >= 4 is 27.8 Å².